The van der Waals surface area contributed by atoms with Crippen molar-refractivity contribution in [1.82, 2.24) is 14.7 Å². The zero-order valence-electron chi connectivity index (χ0n) is 14.4. The molecule has 0 saturated carbocycles. The number of aryl methyl sites for hydroxylation is 1. The molecular weight excluding hydrogens is 318 g/mol. The minimum atomic E-state index is 0.377. The lowest BCUT2D eigenvalue weighted by molar-refractivity contribution is 0.205. The van der Waals surface area contributed by atoms with E-state index in [0.29, 0.717) is 18.3 Å². The standard InChI is InChI=1S/C19H21N3O3/c1-3-15-9-18(25-21-15)19-20-6-7-22(19)11-13-8-14-4-5-16(23-2)10-17(14)24-12-13/h4-7,9-10,13H,3,8,11-12H2,1-2H3. The van der Waals surface area contributed by atoms with Crippen LogP contribution in [0.1, 0.15) is 18.2 Å². The summed E-state index contributed by atoms with van der Waals surface area (Å²) in [6.45, 7) is 3.55. The number of benzene rings is 1. The third kappa shape index (κ3) is 3.12. The van der Waals surface area contributed by atoms with Gasteiger partial charge in [-0.1, -0.05) is 18.1 Å². The summed E-state index contributed by atoms with van der Waals surface area (Å²) < 4.78 is 18.8. The molecule has 0 N–H and O–H groups in total. The summed E-state index contributed by atoms with van der Waals surface area (Å²) in [6.07, 6.45) is 5.59. The fraction of sp³-hybridized carbons (Fsp3) is 0.368. The highest BCUT2D eigenvalue weighted by Gasteiger charge is 2.22. The monoisotopic (exact) mass is 339 g/mol. The molecule has 3 heterocycles. The average Bonchev–Trinajstić information content (AvgIpc) is 3.30. The topological polar surface area (TPSA) is 62.3 Å². The van der Waals surface area contributed by atoms with Crippen LogP contribution >= 0.6 is 0 Å². The van der Waals surface area contributed by atoms with E-state index in [1.807, 2.05) is 24.4 Å². The lowest BCUT2D eigenvalue weighted by Gasteiger charge is -2.26. The second-order valence-corrected chi connectivity index (χ2v) is 6.29. The first-order chi connectivity index (χ1) is 12.3. The van der Waals surface area contributed by atoms with Crippen molar-refractivity contribution in [3.05, 3.63) is 47.9 Å². The Balaban J connectivity index is 1.51. The van der Waals surface area contributed by atoms with Crippen LogP contribution in [-0.4, -0.2) is 28.4 Å². The van der Waals surface area contributed by atoms with Gasteiger partial charge in [-0.15, -0.1) is 0 Å². The highest BCUT2D eigenvalue weighted by molar-refractivity contribution is 5.47. The summed E-state index contributed by atoms with van der Waals surface area (Å²) in [4.78, 5) is 4.44. The number of hydrogen-bond donors (Lipinski definition) is 0. The smallest absolute Gasteiger partial charge is 0.202 e. The fourth-order valence-corrected chi connectivity index (χ4v) is 3.20. The predicted octanol–water partition coefficient (Wildman–Crippen LogP) is 3.36. The molecule has 2 aromatic heterocycles. The highest BCUT2D eigenvalue weighted by atomic mass is 16.5. The molecule has 0 saturated heterocycles. The fourth-order valence-electron chi connectivity index (χ4n) is 3.20. The molecule has 0 aliphatic carbocycles. The molecule has 6 nitrogen and oxygen atoms in total. The predicted molar refractivity (Wildman–Crippen MR) is 92.8 cm³/mol. The molecule has 130 valence electrons. The van der Waals surface area contributed by atoms with Gasteiger partial charge in [0, 0.05) is 37.0 Å². The molecule has 0 fully saturated rings. The Hall–Kier alpha value is -2.76. The van der Waals surface area contributed by atoms with Crippen LogP contribution in [0.25, 0.3) is 11.6 Å². The van der Waals surface area contributed by atoms with E-state index in [4.69, 9.17) is 14.0 Å². The van der Waals surface area contributed by atoms with Gasteiger partial charge in [-0.3, -0.25) is 0 Å². The summed E-state index contributed by atoms with van der Waals surface area (Å²) in [7, 11) is 1.67. The van der Waals surface area contributed by atoms with E-state index in [1.54, 1.807) is 13.3 Å². The zero-order valence-corrected chi connectivity index (χ0v) is 14.4. The first kappa shape index (κ1) is 15.7. The number of hydrogen-bond acceptors (Lipinski definition) is 5. The Morgan fingerprint density at radius 2 is 2.24 bits per heavy atom. The molecule has 1 aliphatic rings. The molecule has 0 amide bonds. The second-order valence-electron chi connectivity index (χ2n) is 6.29. The van der Waals surface area contributed by atoms with Crippen molar-refractivity contribution in [2.75, 3.05) is 13.7 Å². The van der Waals surface area contributed by atoms with Crippen molar-refractivity contribution in [3.8, 4) is 23.1 Å². The molecule has 0 bridgehead atoms. The Labute approximate surface area is 146 Å². The van der Waals surface area contributed by atoms with Crippen LogP contribution in [0.2, 0.25) is 0 Å². The van der Waals surface area contributed by atoms with Crippen LogP contribution in [0.3, 0.4) is 0 Å². The zero-order chi connectivity index (χ0) is 17.2. The average molecular weight is 339 g/mol. The van der Waals surface area contributed by atoms with Crippen LogP contribution in [0, 0.1) is 5.92 Å². The summed E-state index contributed by atoms with van der Waals surface area (Å²) >= 11 is 0. The van der Waals surface area contributed by atoms with E-state index in [2.05, 4.69) is 27.7 Å². The number of methoxy groups -OCH3 is 1. The van der Waals surface area contributed by atoms with Crippen LogP contribution in [0.5, 0.6) is 11.5 Å². The highest BCUT2D eigenvalue weighted by Crippen LogP contribution is 2.32. The van der Waals surface area contributed by atoms with E-state index < -0.39 is 0 Å². The molecule has 0 radical (unpaired) electrons. The molecule has 3 aromatic rings. The number of ether oxygens (including phenoxy) is 2. The Morgan fingerprint density at radius 3 is 3.04 bits per heavy atom. The number of rotatable bonds is 5. The lowest BCUT2D eigenvalue weighted by Crippen LogP contribution is -2.25. The van der Waals surface area contributed by atoms with E-state index in [9.17, 15) is 0 Å². The van der Waals surface area contributed by atoms with Crippen molar-refractivity contribution in [2.45, 2.75) is 26.3 Å². The Kier molecular flexibility index (Phi) is 4.17. The Bertz CT molecular complexity index is 868. The maximum absolute atomic E-state index is 5.94. The minimum absolute atomic E-state index is 0.377. The van der Waals surface area contributed by atoms with Crippen LogP contribution in [0.4, 0.5) is 0 Å². The van der Waals surface area contributed by atoms with Crippen molar-refractivity contribution in [3.63, 3.8) is 0 Å². The van der Waals surface area contributed by atoms with Crippen molar-refractivity contribution >= 4 is 0 Å². The van der Waals surface area contributed by atoms with Gasteiger partial charge in [-0.2, -0.15) is 0 Å². The lowest BCUT2D eigenvalue weighted by atomic mass is 9.96. The molecule has 6 heteroatoms. The van der Waals surface area contributed by atoms with E-state index in [0.717, 1.165) is 42.4 Å². The van der Waals surface area contributed by atoms with Gasteiger partial charge in [0.1, 0.15) is 11.5 Å². The van der Waals surface area contributed by atoms with E-state index in [1.165, 1.54) is 5.56 Å². The normalized spacial score (nSPS) is 16.3. The molecule has 25 heavy (non-hydrogen) atoms. The van der Waals surface area contributed by atoms with Gasteiger partial charge < -0.3 is 18.6 Å². The van der Waals surface area contributed by atoms with Crippen molar-refractivity contribution in [1.29, 1.82) is 0 Å². The van der Waals surface area contributed by atoms with Gasteiger partial charge in [-0.05, 0) is 24.5 Å². The SMILES string of the molecule is CCc1cc(-c2nccn2CC2COc3cc(OC)ccc3C2)on1. The molecular formula is C19H21N3O3. The first-order valence-electron chi connectivity index (χ1n) is 8.53. The summed E-state index contributed by atoms with van der Waals surface area (Å²) in [5.74, 6) is 3.65. The largest absolute Gasteiger partial charge is 0.497 e. The van der Waals surface area contributed by atoms with Crippen LogP contribution in [0.15, 0.2) is 41.2 Å². The van der Waals surface area contributed by atoms with Gasteiger partial charge in [0.25, 0.3) is 0 Å². The maximum Gasteiger partial charge on any atom is 0.202 e. The quantitative estimate of drug-likeness (QED) is 0.713. The molecule has 0 spiro atoms. The summed E-state index contributed by atoms with van der Waals surface area (Å²) in [6, 6.07) is 7.97. The molecule has 1 aliphatic heterocycles. The summed E-state index contributed by atoms with van der Waals surface area (Å²) in [5, 5.41) is 4.06. The molecule has 4 rings (SSSR count). The van der Waals surface area contributed by atoms with Gasteiger partial charge in [0.2, 0.25) is 5.76 Å². The first-order valence-corrected chi connectivity index (χ1v) is 8.53. The molecule has 1 atom stereocenters. The van der Waals surface area contributed by atoms with E-state index in [-0.39, 0.29) is 0 Å². The van der Waals surface area contributed by atoms with Gasteiger partial charge >= 0.3 is 0 Å². The van der Waals surface area contributed by atoms with E-state index >= 15 is 0 Å². The molecule has 1 unspecified atom stereocenters. The van der Waals surface area contributed by atoms with Crippen LogP contribution < -0.4 is 9.47 Å². The number of fused-ring (bicyclic) bond motifs is 1. The number of imidazole rings is 1. The van der Waals surface area contributed by atoms with Crippen LogP contribution in [-0.2, 0) is 19.4 Å². The summed E-state index contributed by atoms with van der Waals surface area (Å²) in [5.41, 5.74) is 2.15. The minimum Gasteiger partial charge on any atom is -0.497 e. The van der Waals surface area contributed by atoms with Gasteiger partial charge in [0.05, 0.1) is 19.4 Å². The Morgan fingerprint density at radius 1 is 1.32 bits per heavy atom. The third-order valence-electron chi connectivity index (χ3n) is 4.57. The maximum atomic E-state index is 5.94. The van der Waals surface area contributed by atoms with Crippen molar-refractivity contribution < 1.29 is 14.0 Å². The number of aromatic nitrogens is 3. The second kappa shape index (κ2) is 6.63. The third-order valence-corrected chi connectivity index (χ3v) is 4.57. The number of nitrogens with zero attached hydrogens (tertiary/aromatic N) is 3. The molecule has 1 aromatic carbocycles. The van der Waals surface area contributed by atoms with Gasteiger partial charge in [0.15, 0.2) is 5.82 Å². The van der Waals surface area contributed by atoms with Gasteiger partial charge in [-0.25, -0.2) is 4.98 Å². The van der Waals surface area contributed by atoms with Crippen molar-refractivity contribution in [2.24, 2.45) is 5.92 Å².